The highest BCUT2D eigenvalue weighted by molar-refractivity contribution is 5.35. The molecule has 6 nitrogen and oxygen atoms in total. The Morgan fingerprint density at radius 2 is 1.21 bits per heavy atom. The maximum absolute atomic E-state index is 13.0. The number of nitrogens with zero attached hydrogens (tertiary/aromatic N) is 3. The van der Waals surface area contributed by atoms with Crippen LogP contribution in [0.1, 0.15) is 0 Å². The minimum absolute atomic E-state index is 0.123. The van der Waals surface area contributed by atoms with Crippen molar-refractivity contribution in [2.45, 2.75) is 0 Å². The second kappa shape index (κ2) is 8.13. The molecule has 0 saturated heterocycles. The summed E-state index contributed by atoms with van der Waals surface area (Å²) in [5, 5.41) is 0. The highest BCUT2D eigenvalue weighted by Crippen LogP contribution is 2.26. The van der Waals surface area contributed by atoms with Gasteiger partial charge in [0.2, 0.25) is 11.8 Å². The van der Waals surface area contributed by atoms with Gasteiger partial charge in [-0.25, -0.2) is 14.4 Å². The smallest absolute Gasteiger partial charge is 0.325 e. The van der Waals surface area contributed by atoms with E-state index in [1.165, 1.54) is 30.5 Å². The van der Waals surface area contributed by atoms with Crippen LogP contribution in [0.15, 0.2) is 85.2 Å². The Hall–Kier alpha value is -4.00. The first-order valence-corrected chi connectivity index (χ1v) is 8.38. The summed E-state index contributed by atoms with van der Waals surface area (Å²) in [6.45, 7) is 0. The van der Waals surface area contributed by atoms with Gasteiger partial charge >= 0.3 is 6.01 Å². The van der Waals surface area contributed by atoms with Crippen LogP contribution < -0.4 is 14.2 Å². The molecule has 0 N–H and O–H groups in total. The van der Waals surface area contributed by atoms with Gasteiger partial charge in [-0.15, -0.1) is 0 Å². The van der Waals surface area contributed by atoms with Gasteiger partial charge in [-0.3, -0.25) is 0 Å². The number of rotatable bonds is 6. The van der Waals surface area contributed by atoms with Gasteiger partial charge in [0.25, 0.3) is 0 Å². The van der Waals surface area contributed by atoms with Crippen LogP contribution in [0.2, 0.25) is 0 Å². The van der Waals surface area contributed by atoms with Crippen LogP contribution in [-0.2, 0) is 0 Å². The van der Waals surface area contributed by atoms with Gasteiger partial charge in [-0.2, -0.15) is 4.98 Å². The fraction of sp³-hybridized carbons (Fsp3) is 0. The van der Waals surface area contributed by atoms with E-state index in [2.05, 4.69) is 15.0 Å². The molecule has 2 aromatic carbocycles. The van der Waals surface area contributed by atoms with Crippen molar-refractivity contribution < 1.29 is 18.6 Å². The van der Waals surface area contributed by atoms with Crippen molar-refractivity contribution >= 4 is 0 Å². The summed E-state index contributed by atoms with van der Waals surface area (Å²) in [7, 11) is 0. The monoisotopic (exact) mass is 375 g/mol. The fourth-order valence-electron chi connectivity index (χ4n) is 2.26. The second-order valence-electron chi connectivity index (χ2n) is 5.58. The van der Waals surface area contributed by atoms with Crippen LogP contribution in [0.25, 0.3) is 0 Å². The normalized spacial score (nSPS) is 10.3. The SMILES string of the molecule is Fc1ccc(Oc2ccnc(Oc3ccc(Oc4ccccn4)cc3)n2)cc1. The number of hydrogen-bond acceptors (Lipinski definition) is 6. The maximum Gasteiger partial charge on any atom is 0.325 e. The molecule has 0 saturated carbocycles. The molecule has 0 spiro atoms. The largest absolute Gasteiger partial charge is 0.439 e. The Kier molecular flexibility index (Phi) is 5.06. The quantitative estimate of drug-likeness (QED) is 0.450. The summed E-state index contributed by atoms with van der Waals surface area (Å²) in [5.41, 5.74) is 0. The van der Waals surface area contributed by atoms with E-state index in [-0.39, 0.29) is 17.7 Å². The summed E-state index contributed by atoms with van der Waals surface area (Å²) in [4.78, 5) is 12.4. The maximum atomic E-state index is 13.0. The molecule has 4 rings (SSSR count). The molecule has 0 amide bonds. The zero-order valence-corrected chi connectivity index (χ0v) is 14.5. The van der Waals surface area contributed by atoms with E-state index >= 15 is 0 Å². The number of benzene rings is 2. The molecule has 0 aliphatic rings. The summed E-state index contributed by atoms with van der Waals surface area (Å²) < 4.78 is 29.8. The lowest BCUT2D eigenvalue weighted by Crippen LogP contribution is -1.94. The van der Waals surface area contributed by atoms with Crippen molar-refractivity contribution in [2.24, 2.45) is 0 Å². The van der Waals surface area contributed by atoms with Gasteiger partial charge in [-0.1, -0.05) is 6.07 Å². The Morgan fingerprint density at radius 3 is 1.89 bits per heavy atom. The zero-order chi connectivity index (χ0) is 19.2. The average Bonchev–Trinajstić information content (AvgIpc) is 2.72. The molecule has 4 aromatic rings. The number of aromatic nitrogens is 3. The van der Waals surface area contributed by atoms with Crippen LogP contribution in [-0.4, -0.2) is 15.0 Å². The number of pyridine rings is 1. The molecule has 0 aliphatic carbocycles. The van der Waals surface area contributed by atoms with Gasteiger partial charge in [-0.05, 0) is 54.6 Å². The van der Waals surface area contributed by atoms with Crippen molar-refractivity contribution in [1.82, 2.24) is 15.0 Å². The molecule has 0 atom stereocenters. The Bertz CT molecular complexity index is 1040. The molecular formula is C21H14FN3O3. The van der Waals surface area contributed by atoms with E-state index in [4.69, 9.17) is 14.2 Å². The predicted octanol–water partition coefficient (Wildman–Crippen LogP) is 5.39. The molecule has 0 aliphatic heterocycles. The third kappa shape index (κ3) is 4.59. The highest BCUT2D eigenvalue weighted by atomic mass is 19.1. The highest BCUT2D eigenvalue weighted by Gasteiger charge is 2.06. The lowest BCUT2D eigenvalue weighted by Gasteiger charge is -2.08. The van der Waals surface area contributed by atoms with E-state index in [1.807, 2.05) is 12.1 Å². The lowest BCUT2D eigenvalue weighted by molar-refractivity contribution is 0.409. The average molecular weight is 375 g/mol. The number of halogens is 1. The lowest BCUT2D eigenvalue weighted by atomic mass is 10.3. The topological polar surface area (TPSA) is 66.4 Å². The van der Waals surface area contributed by atoms with Gasteiger partial charge in [0.05, 0.1) is 0 Å². The first-order valence-electron chi connectivity index (χ1n) is 8.38. The van der Waals surface area contributed by atoms with Gasteiger partial charge in [0, 0.05) is 24.5 Å². The van der Waals surface area contributed by atoms with Crippen LogP contribution in [0, 0.1) is 5.82 Å². The zero-order valence-electron chi connectivity index (χ0n) is 14.5. The van der Waals surface area contributed by atoms with Crippen LogP contribution in [0.5, 0.6) is 35.0 Å². The van der Waals surface area contributed by atoms with Crippen LogP contribution >= 0.6 is 0 Å². The molecule has 0 fully saturated rings. The summed E-state index contributed by atoms with van der Waals surface area (Å²) in [6, 6.07) is 19.7. The Labute approximate surface area is 160 Å². The van der Waals surface area contributed by atoms with Crippen molar-refractivity contribution in [1.29, 1.82) is 0 Å². The van der Waals surface area contributed by atoms with E-state index in [0.29, 0.717) is 23.1 Å². The Balaban J connectivity index is 1.42. The standard InChI is InChI=1S/C21H14FN3O3/c22-15-4-6-16(7-5-15)27-20-12-14-24-21(25-20)28-18-10-8-17(9-11-18)26-19-3-1-2-13-23-19/h1-14H. The van der Waals surface area contributed by atoms with Gasteiger partial charge in [0.1, 0.15) is 23.1 Å². The molecule has 2 aromatic heterocycles. The third-order valence-electron chi connectivity index (χ3n) is 3.54. The van der Waals surface area contributed by atoms with E-state index < -0.39 is 0 Å². The molecule has 138 valence electrons. The van der Waals surface area contributed by atoms with E-state index in [1.54, 1.807) is 42.6 Å². The molecule has 0 bridgehead atoms. The summed E-state index contributed by atoms with van der Waals surface area (Å²) in [6.07, 6.45) is 3.17. The molecular weight excluding hydrogens is 361 g/mol. The fourth-order valence-corrected chi connectivity index (χ4v) is 2.26. The molecule has 28 heavy (non-hydrogen) atoms. The predicted molar refractivity (Wildman–Crippen MR) is 99.3 cm³/mol. The molecule has 0 unspecified atom stereocenters. The summed E-state index contributed by atoms with van der Waals surface area (Å²) in [5.74, 6) is 2.07. The van der Waals surface area contributed by atoms with Crippen LogP contribution in [0.4, 0.5) is 4.39 Å². The van der Waals surface area contributed by atoms with Crippen LogP contribution in [0.3, 0.4) is 0 Å². The second-order valence-corrected chi connectivity index (χ2v) is 5.58. The summed E-state index contributed by atoms with van der Waals surface area (Å²) >= 11 is 0. The minimum atomic E-state index is -0.338. The molecule has 2 heterocycles. The number of ether oxygens (including phenoxy) is 3. The van der Waals surface area contributed by atoms with Crippen molar-refractivity contribution in [2.75, 3.05) is 0 Å². The van der Waals surface area contributed by atoms with Crippen molar-refractivity contribution in [3.8, 4) is 35.0 Å². The van der Waals surface area contributed by atoms with Gasteiger partial charge < -0.3 is 14.2 Å². The molecule has 0 radical (unpaired) electrons. The van der Waals surface area contributed by atoms with E-state index in [9.17, 15) is 4.39 Å². The van der Waals surface area contributed by atoms with Gasteiger partial charge in [0.15, 0.2) is 0 Å². The first-order chi connectivity index (χ1) is 13.7. The first kappa shape index (κ1) is 17.4. The number of hydrogen-bond donors (Lipinski definition) is 0. The minimum Gasteiger partial charge on any atom is -0.439 e. The van der Waals surface area contributed by atoms with Crippen molar-refractivity contribution in [3.63, 3.8) is 0 Å². The van der Waals surface area contributed by atoms with Crippen molar-refractivity contribution in [3.05, 3.63) is 91.0 Å². The van der Waals surface area contributed by atoms with E-state index in [0.717, 1.165) is 0 Å². The third-order valence-corrected chi connectivity index (χ3v) is 3.54. The molecule has 7 heteroatoms. The Morgan fingerprint density at radius 1 is 0.571 bits per heavy atom.